The van der Waals surface area contributed by atoms with Crippen LogP contribution in [0.1, 0.15) is 5.56 Å². The molecule has 0 atom stereocenters. The van der Waals surface area contributed by atoms with Crippen LogP contribution in [0.15, 0.2) is 50.7 Å². The summed E-state index contributed by atoms with van der Waals surface area (Å²) < 4.78 is 12.2. The first-order chi connectivity index (χ1) is 11.1. The zero-order valence-electron chi connectivity index (χ0n) is 12.1. The maximum atomic E-state index is 11.8. The Morgan fingerprint density at radius 2 is 2.09 bits per heavy atom. The van der Waals surface area contributed by atoms with Crippen LogP contribution in [0.2, 0.25) is 0 Å². The summed E-state index contributed by atoms with van der Waals surface area (Å²) in [5.74, 6) is 0.579. The molecule has 0 saturated heterocycles. The molecule has 2 aromatic rings. The van der Waals surface area contributed by atoms with E-state index in [2.05, 4.69) is 47.4 Å². The fourth-order valence-electron chi connectivity index (χ4n) is 1.63. The van der Waals surface area contributed by atoms with Gasteiger partial charge in [0, 0.05) is 16.9 Å². The number of carbonyl (C=O) groups excluding carboxylic acids is 1. The van der Waals surface area contributed by atoms with Crippen LogP contribution in [-0.4, -0.2) is 30.8 Å². The van der Waals surface area contributed by atoms with E-state index in [0.29, 0.717) is 16.0 Å². The minimum atomic E-state index is -0.382. The number of amides is 1. The van der Waals surface area contributed by atoms with E-state index in [0.717, 1.165) is 10.0 Å². The topological polar surface area (TPSA) is 72.8 Å². The molecule has 1 aromatic heterocycles. The van der Waals surface area contributed by atoms with Crippen molar-refractivity contribution in [2.24, 2.45) is 5.10 Å². The Hall–Kier alpha value is -1.93. The highest BCUT2D eigenvalue weighted by Crippen LogP contribution is 2.38. The van der Waals surface area contributed by atoms with Gasteiger partial charge in [0.15, 0.2) is 18.1 Å². The zero-order valence-corrected chi connectivity index (χ0v) is 15.3. The maximum absolute atomic E-state index is 11.8. The van der Waals surface area contributed by atoms with E-state index in [4.69, 9.17) is 9.47 Å². The normalized spacial score (nSPS) is 10.6. The van der Waals surface area contributed by atoms with Gasteiger partial charge in [0.05, 0.1) is 17.8 Å². The van der Waals surface area contributed by atoms with Crippen molar-refractivity contribution in [1.29, 1.82) is 0 Å². The van der Waals surface area contributed by atoms with E-state index < -0.39 is 0 Å². The summed E-state index contributed by atoms with van der Waals surface area (Å²) in [7, 11) is 1.53. The van der Waals surface area contributed by atoms with E-state index in [1.807, 2.05) is 0 Å². The van der Waals surface area contributed by atoms with E-state index in [-0.39, 0.29) is 12.5 Å². The second kappa shape index (κ2) is 8.64. The van der Waals surface area contributed by atoms with Gasteiger partial charge < -0.3 is 9.47 Å². The number of methoxy groups -OCH3 is 1. The van der Waals surface area contributed by atoms with Crippen LogP contribution in [-0.2, 0) is 4.79 Å². The molecule has 1 aromatic carbocycles. The van der Waals surface area contributed by atoms with Gasteiger partial charge in [-0.05, 0) is 45.8 Å². The molecule has 0 fully saturated rings. The second-order valence-corrected chi connectivity index (χ2v) is 6.05. The second-order valence-electron chi connectivity index (χ2n) is 4.28. The van der Waals surface area contributed by atoms with Gasteiger partial charge >= 0.3 is 0 Å². The van der Waals surface area contributed by atoms with Crippen LogP contribution < -0.4 is 14.9 Å². The Morgan fingerprint density at radius 3 is 2.78 bits per heavy atom. The van der Waals surface area contributed by atoms with Crippen LogP contribution >= 0.6 is 31.9 Å². The number of nitrogens with one attached hydrogen (secondary N) is 1. The number of rotatable bonds is 6. The molecule has 120 valence electrons. The first-order valence-corrected chi connectivity index (χ1v) is 8.06. The van der Waals surface area contributed by atoms with Gasteiger partial charge in [-0.2, -0.15) is 5.10 Å². The number of hydrogen-bond acceptors (Lipinski definition) is 5. The van der Waals surface area contributed by atoms with E-state index in [9.17, 15) is 4.79 Å². The molecule has 0 aliphatic carbocycles. The molecule has 0 aliphatic heterocycles. The smallest absolute Gasteiger partial charge is 0.277 e. The van der Waals surface area contributed by atoms with E-state index >= 15 is 0 Å². The lowest BCUT2D eigenvalue weighted by Crippen LogP contribution is -2.24. The summed E-state index contributed by atoms with van der Waals surface area (Å²) >= 11 is 6.73. The van der Waals surface area contributed by atoms with Crippen molar-refractivity contribution in [1.82, 2.24) is 10.4 Å². The molecule has 8 heteroatoms. The molecule has 6 nitrogen and oxygen atoms in total. The highest BCUT2D eigenvalue weighted by atomic mass is 79.9. The van der Waals surface area contributed by atoms with Gasteiger partial charge in [0.25, 0.3) is 5.91 Å². The Bertz CT molecular complexity index is 709. The standard InChI is InChI=1S/C15H13Br2N3O3/c1-22-13-7-11(16)6-12(17)15(13)23-9-14(21)20-19-8-10-2-4-18-5-3-10/h2-8H,9H2,1H3,(H,20,21)/b19-8+. The largest absolute Gasteiger partial charge is 0.493 e. The summed E-state index contributed by atoms with van der Waals surface area (Å²) in [4.78, 5) is 15.7. The maximum Gasteiger partial charge on any atom is 0.277 e. The van der Waals surface area contributed by atoms with Crippen molar-refractivity contribution in [3.8, 4) is 11.5 Å². The van der Waals surface area contributed by atoms with Crippen LogP contribution in [0.4, 0.5) is 0 Å². The molecule has 1 N–H and O–H groups in total. The summed E-state index contributed by atoms with van der Waals surface area (Å²) in [6.45, 7) is -0.190. The minimum Gasteiger partial charge on any atom is -0.493 e. The predicted octanol–water partition coefficient (Wildman–Crippen LogP) is 3.14. The Kier molecular flexibility index (Phi) is 6.54. The number of carbonyl (C=O) groups is 1. The first-order valence-electron chi connectivity index (χ1n) is 6.48. The highest BCUT2D eigenvalue weighted by Gasteiger charge is 2.12. The number of hydrogen-bond donors (Lipinski definition) is 1. The van der Waals surface area contributed by atoms with Gasteiger partial charge in [0.2, 0.25) is 0 Å². The lowest BCUT2D eigenvalue weighted by molar-refractivity contribution is -0.123. The number of aromatic nitrogens is 1. The molecule has 23 heavy (non-hydrogen) atoms. The lowest BCUT2D eigenvalue weighted by atomic mass is 10.3. The van der Waals surface area contributed by atoms with Gasteiger partial charge in [-0.25, -0.2) is 5.43 Å². The van der Waals surface area contributed by atoms with Crippen molar-refractivity contribution in [2.45, 2.75) is 0 Å². The molecule has 0 radical (unpaired) electrons. The zero-order chi connectivity index (χ0) is 16.7. The van der Waals surface area contributed by atoms with Gasteiger partial charge in [-0.3, -0.25) is 9.78 Å². The molecular formula is C15H13Br2N3O3. The average molecular weight is 443 g/mol. The molecule has 0 bridgehead atoms. The number of ether oxygens (including phenoxy) is 2. The predicted molar refractivity (Wildman–Crippen MR) is 93.9 cm³/mol. The summed E-state index contributed by atoms with van der Waals surface area (Å²) in [5.41, 5.74) is 3.22. The van der Waals surface area contributed by atoms with Crippen LogP contribution in [0, 0.1) is 0 Å². The third-order valence-electron chi connectivity index (χ3n) is 2.65. The summed E-state index contributed by atoms with van der Waals surface area (Å²) in [6, 6.07) is 7.10. The van der Waals surface area contributed by atoms with Crippen LogP contribution in [0.5, 0.6) is 11.5 Å². The number of halogens is 2. The third kappa shape index (κ3) is 5.33. The SMILES string of the molecule is COc1cc(Br)cc(Br)c1OCC(=O)N/N=C/c1ccncc1. The molecular weight excluding hydrogens is 430 g/mol. The van der Waals surface area contributed by atoms with Gasteiger partial charge in [-0.1, -0.05) is 15.9 Å². The van der Waals surface area contributed by atoms with E-state index in [1.165, 1.54) is 13.3 Å². The molecule has 1 amide bonds. The van der Waals surface area contributed by atoms with Gasteiger partial charge in [0.1, 0.15) is 0 Å². The van der Waals surface area contributed by atoms with Gasteiger partial charge in [-0.15, -0.1) is 0 Å². The molecule has 0 aliphatic rings. The fraction of sp³-hybridized carbons (Fsp3) is 0.133. The van der Waals surface area contributed by atoms with Crippen molar-refractivity contribution >= 4 is 44.0 Å². The molecule has 0 saturated carbocycles. The minimum absolute atomic E-state index is 0.190. The first kappa shape index (κ1) is 17.4. The number of pyridine rings is 1. The quantitative estimate of drug-likeness (QED) is 0.550. The molecule has 2 rings (SSSR count). The average Bonchev–Trinajstić information content (AvgIpc) is 2.54. The monoisotopic (exact) mass is 441 g/mol. The number of hydrazone groups is 1. The third-order valence-corrected chi connectivity index (χ3v) is 3.70. The fourth-order valence-corrected chi connectivity index (χ4v) is 2.93. The van der Waals surface area contributed by atoms with Crippen molar-refractivity contribution in [3.05, 3.63) is 51.2 Å². The van der Waals surface area contributed by atoms with Crippen LogP contribution in [0.3, 0.4) is 0 Å². The van der Waals surface area contributed by atoms with Crippen LogP contribution in [0.25, 0.3) is 0 Å². The summed E-state index contributed by atoms with van der Waals surface area (Å²) in [6.07, 6.45) is 4.81. The summed E-state index contributed by atoms with van der Waals surface area (Å²) in [5, 5.41) is 3.85. The van der Waals surface area contributed by atoms with Crippen molar-refractivity contribution < 1.29 is 14.3 Å². The highest BCUT2D eigenvalue weighted by molar-refractivity contribution is 9.11. The molecule has 0 spiro atoms. The lowest BCUT2D eigenvalue weighted by Gasteiger charge is -2.12. The Morgan fingerprint density at radius 1 is 1.35 bits per heavy atom. The number of benzene rings is 1. The Labute approximate surface area is 150 Å². The van der Waals surface area contributed by atoms with E-state index in [1.54, 1.807) is 36.7 Å². The number of nitrogens with zero attached hydrogens (tertiary/aromatic N) is 2. The van der Waals surface area contributed by atoms with Crippen molar-refractivity contribution in [3.63, 3.8) is 0 Å². The molecule has 0 unspecified atom stereocenters. The Balaban J connectivity index is 1.91. The van der Waals surface area contributed by atoms with Crippen molar-refractivity contribution in [2.75, 3.05) is 13.7 Å². The molecule has 1 heterocycles.